The van der Waals surface area contributed by atoms with E-state index < -0.39 is 0 Å². The molecule has 30 heavy (non-hydrogen) atoms. The molecule has 1 heterocycles. The maximum Gasteiger partial charge on any atom is 0.181 e. The zero-order chi connectivity index (χ0) is 20.7. The lowest BCUT2D eigenvalue weighted by Gasteiger charge is -2.56. The number of carbonyl (C=O) groups is 1. The highest BCUT2D eigenvalue weighted by molar-refractivity contribution is 5.98. The van der Waals surface area contributed by atoms with Gasteiger partial charge in [0.15, 0.2) is 5.78 Å². The first kappa shape index (κ1) is 18.8. The number of aromatic nitrogens is 2. The highest BCUT2D eigenvalue weighted by Crippen LogP contribution is 2.63. The first-order valence-corrected chi connectivity index (χ1v) is 11.8. The van der Waals surface area contributed by atoms with Crippen LogP contribution < -0.4 is 0 Å². The second-order valence-corrected chi connectivity index (χ2v) is 10.9. The molecule has 1 N–H and O–H groups in total. The van der Waals surface area contributed by atoms with E-state index in [0.29, 0.717) is 30.7 Å². The number of aliphatic hydroxyl groups excluding tert-OH is 1. The van der Waals surface area contributed by atoms with Crippen LogP contribution in [0.3, 0.4) is 0 Å². The van der Waals surface area contributed by atoms with Gasteiger partial charge in [-0.3, -0.25) is 9.48 Å². The summed E-state index contributed by atoms with van der Waals surface area (Å²) in [6.45, 7) is 5.41. The molecule has 4 aliphatic rings. The second-order valence-electron chi connectivity index (χ2n) is 10.9. The Bertz CT molecular complexity index is 1010. The summed E-state index contributed by atoms with van der Waals surface area (Å²) >= 11 is 0. The number of aliphatic hydroxyl groups is 1. The van der Waals surface area contributed by atoms with Crippen LogP contribution in [0.1, 0.15) is 79.7 Å². The van der Waals surface area contributed by atoms with Gasteiger partial charge in [0, 0.05) is 17.4 Å². The molecule has 2 aromatic rings. The van der Waals surface area contributed by atoms with Crippen molar-refractivity contribution in [1.29, 1.82) is 0 Å². The summed E-state index contributed by atoms with van der Waals surface area (Å²) in [7, 11) is 0. The molecule has 4 heteroatoms. The van der Waals surface area contributed by atoms with Gasteiger partial charge < -0.3 is 5.11 Å². The Balaban J connectivity index is 1.46. The van der Waals surface area contributed by atoms with Gasteiger partial charge in [0.05, 0.1) is 18.3 Å². The monoisotopic (exact) mass is 404 g/mol. The average Bonchev–Trinajstić information content (AvgIpc) is 3.25. The minimum atomic E-state index is -0.156. The molecule has 4 nitrogen and oxygen atoms in total. The van der Waals surface area contributed by atoms with Crippen LogP contribution >= 0.6 is 0 Å². The van der Waals surface area contributed by atoms with Crippen LogP contribution in [0.15, 0.2) is 30.3 Å². The molecule has 0 spiro atoms. The van der Waals surface area contributed by atoms with Gasteiger partial charge >= 0.3 is 0 Å². The van der Waals surface area contributed by atoms with Gasteiger partial charge in [-0.05, 0) is 67.3 Å². The van der Waals surface area contributed by atoms with E-state index in [1.165, 1.54) is 23.2 Å². The molecule has 0 aliphatic heterocycles. The van der Waals surface area contributed by atoms with Gasteiger partial charge in [-0.15, -0.1) is 0 Å². The standard InChI is InChI=1S/C26H32N2O2/c1-25-12-10-19-17(18(25)8-9-22(25)30)14-20-23-24(21(29)11-13-26(19,23)2)28(27-20)15-16-6-4-3-5-7-16/h3-7,17-19,22,30H,8-15H2,1-2H3/t17-,18-,19-,22-,25-,26+/m0/s1. The summed E-state index contributed by atoms with van der Waals surface area (Å²) in [6.07, 6.45) is 6.78. The fourth-order valence-corrected chi connectivity index (χ4v) is 7.95. The van der Waals surface area contributed by atoms with E-state index in [9.17, 15) is 9.90 Å². The first-order chi connectivity index (χ1) is 14.4. The Hall–Kier alpha value is -1.94. The van der Waals surface area contributed by atoms with E-state index in [2.05, 4.69) is 38.1 Å². The fourth-order valence-electron chi connectivity index (χ4n) is 7.95. The molecule has 0 radical (unpaired) electrons. The van der Waals surface area contributed by atoms with Crippen LogP contribution in [0.25, 0.3) is 0 Å². The van der Waals surface area contributed by atoms with Crippen LogP contribution in [-0.2, 0) is 18.4 Å². The van der Waals surface area contributed by atoms with Crippen molar-refractivity contribution in [2.24, 2.45) is 23.2 Å². The van der Waals surface area contributed by atoms with Crippen molar-refractivity contribution in [3.05, 3.63) is 52.8 Å². The number of ketones is 1. The van der Waals surface area contributed by atoms with Crippen molar-refractivity contribution in [1.82, 2.24) is 9.78 Å². The molecule has 0 saturated heterocycles. The topological polar surface area (TPSA) is 55.1 Å². The maximum atomic E-state index is 13.1. The summed E-state index contributed by atoms with van der Waals surface area (Å²) < 4.78 is 2.01. The Morgan fingerprint density at radius 2 is 1.90 bits per heavy atom. The number of Topliss-reactive ketones (excluding diaryl/α,β-unsaturated/α-hetero) is 1. The number of rotatable bonds is 2. The zero-order valence-electron chi connectivity index (χ0n) is 18.1. The molecular weight excluding hydrogens is 372 g/mol. The van der Waals surface area contributed by atoms with Crippen molar-refractivity contribution in [3.63, 3.8) is 0 Å². The van der Waals surface area contributed by atoms with Crippen molar-refractivity contribution >= 4 is 5.78 Å². The summed E-state index contributed by atoms with van der Waals surface area (Å²) in [5.74, 6) is 2.04. The number of hydrogen-bond acceptors (Lipinski definition) is 3. The molecule has 0 amide bonds. The largest absolute Gasteiger partial charge is 0.393 e. The fraction of sp³-hybridized carbons (Fsp3) is 0.615. The average molecular weight is 405 g/mol. The minimum absolute atomic E-state index is 0.0469. The number of carbonyl (C=O) groups excluding carboxylic acids is 1. The SMILES string of the molecule is C[C@]12CC[C@H]3[C@@H](Cc4nn(Cc5ccccc5)c5c4[C@]3(C)CCC5=O)[C@@H]1CC[C@@H]2O. The van der Waals surface area contributed by atoms with E-state index in [4.69, 9.17) is 5.10 Å². The lowest BCUT2D eigenvalue weighted by Crippen LogP contribution is -2.53. The van der Waals surface area contributed by atoms with Crippen LogP contribution in [-0.4, -0.2) is 26.8 Å². The third-order valence-electron chi connectivity index (χ3n) is 9.54. The summed E-state index contributed by atoms with van der Waals surface area (Å²) in [4.78, 5) is 13.1. The second kappa shape index (κ2) is 6.29. The molecule has 4 aliphatic carbocycles. The molecule has 2 saturated carbocycles. The van der Waals surface area contributed by atoms with Crippen molar-refractivity contribution < 1.29 is 9.90 Å². The molecule has 0 bridgehead atoms. The van der Waals surface area contributed by atoms with Gasteiger partial charge in [0.25, 0.3) is 0 Å². The maximum absolute atomic E-state index is 13.1. The molecule has 6 rings (SSSR count). The molecular formula is C26H32N2O2. The Morgan fingerprint density at radius 1 is 1.10 bits per heavy atom. The van der Waals surface area contributed by atoms with Crippen LogP contribution in [0.5, 0.6) is 0 Å². The molecule has 1 aromatic carbocycles. The molecule has 1 aromatic heterocycles. The Morgan fingerprint density at radius 3 is 2.70 bits per heavy atom. The molecule has 2 fully saturated rings. The number of fused-ring (bicyclic) bond motifs is 4. The van der Waals surface area contributed by atoms with Crippen molar-refractivity contribution in [2.75, 3.05) is 0 Å². The van der Waals surface area contributed by atoms with Gasteiger partial charge in [-0.25, -0.2) is 0 Å². The third-order valence-corrected chi connectivity index (χ3v) is 9.54. The first-order valence-electron chi connectivity index (χ1n) is 11.8. The number of nitrogens with zero attached hydrogens (tertiary/aromatic N) is 2. The van der Waals surface area contributed by atoms with Crippen molar-refractivity contribution in [2.45, 2.75) is 76.9 Å². The summed E-state index contributed by atoms with van der Waals surface area (Å²) in [6, 6.07) is 10.4. The predicted molar refractivity (Wildman–Crippen MR) is 115 cm³/mol. The summed E-state index contributed by atoms with van der Waals surface area (Å²) in [5, 5.41) is 15.8. The molecule has 0 unspecified atom stereocenters. The van der Waals surface area contributed by atoms with Gasteiger partial charge in [0.2, 0.25) is 0 Å². The van der Waals surface area contributed by atoms with Crippen LogP contribution in [0.4, 0.5) is 0 Å². The van der Waals surface area contributed by atoms with Crippen molar-refractivity contribution in [3.8, 4) is 0 Å². The summed E-state index contributed by atoms with van der Waals surface area (Å²) in [5.41, 5.74) is 4.64. The highest BCUT2D eigenvalue weighted by atomic mass is 16.3. The van der Waals surface area contributed by atoms with Gasteiger partial charge in [0.1, 0.15) is 5.69 Å². The zero-order valence-corrected chi connectivity index (χ0v) is 18.1. The van der Waals surface area contributed by atoms with E-state index in [0.717, 1.165) is 37.8 Å². The number of hydrogen-bond donors (Lipinski definition) is 1. The predicted octanol–water partition coefficient (Wildman–Crippen LogP) is 4.53. The number of benzene rings is 1. The quantitative estimate of drug-likeness (QED) is 0.800. The molecule has 6 atom stereocenters. The van der Waals surface area contributed by atoms with E-state index >= 15 is 0 Å². The lowest BCUT2D eigenvalue weighted by atomic mass is 9.48. The highest BCUT2D eigenvalue weighted by Gasteiger charge is 2.60. The van der Waals surface area contributed by atoms with E-state index in [1.807, 2.05) is 10.7 Å². The smallest absolute Gasteiger partial charge is 0.181 e. The lowest BCUT2D eigenvalue weighted by molar-refractivity contribution is -0.0568. The van der Waals surface area contributed by atoms with Gasteiger partial charge in [-0.1, -0.05) is 44.2 Å². The minimum Gasteiger partial charge on any atom is -0.393 e. The third kappa shape index (κ3) is 2.37. The Kier molecular flexibility index (Phi) is 3.94. The molecule has 158 valence electrons. The normalized spacial score (nSPS) is 39.4. The van der Waals surface area contributed by atoms with E-state index in [-0.39, 0.29) is 22.7 Å². The van der Waals surface area contributed by atoms with Gasteiger partial charge in [-0.2, -0.15) is 5.10 Å². The van der Waals surface area contributed by atoms with Crippen LogP contribution in [0, 0.1) is 23.2 Å². The van der Waals surface area contributed by atoms with Crippen LogP contribution in [0.2, 0.25) is 0 Å². The Labute approximate surface area is 178 Å². The van der Waals surface area contributed by atoms with E-state index in [1.54, 1.807) is 0 Å².